The van der Waals surface area contributed by atoms with Crippen molar-refractivity contribution in [2.45, 2.75) is 30.8 Å². The molecule has 0 radical (unpaired) electrons. The summed E-state index contributed by atoms with van der Waals surface area (Å²) in [6.45, 7) is 0. The van der Waals surface area contributed by atoms with Crippen molar-refractivity contribution in [3.8, 4) is 6.07 Å². The largest absolute Gasteiger partial charge is 0.441 e. The summed E-state index contributed by atoms with van der Waals surface area (Å²) >= 11 is 0. The van der Waals surface area contributed by atoms with E-state index >= 15 is 0 Å². The predicted molar refractivity (Wildman–Crippen MR) is 71.4 cm³/mol. The summed E-state index contributed by atoms with van der Waals surface area (Å²) in [4.78, 5) is 16.1. The third kappa shape index (κ3) is 2.71. The molecule has 1 atom stereocenters. The summed E-state index contributed by atoms with van der Waals surface area (Å²) < 4.78 is 18.4. The molecule has 1 amide bonds. The monoisotopic (exact) mass is 288 g/mol. The van der Waals surface area contributed by atoms with Crippen molar-refractivity contribution in [3.05, 3.63) is 29.9 Å². The van der Waals surface area contributed by atoms with Crippen molar-refractivity contribution in [1.82, 2.24) is 10.3 Å². The zero-order chi connectivity index (χ0) is 15.0. The average molecular weight is 288 g/mol. The van der Waals surface area contributed by atoms with Crippen LogP contribution in [0.2, 0.25) is 0 Å². The second-order valence-electron chi connectivity index (χ2n) is 5.21. The first-order chi connectivity index (χ1) is 10.0. The molecule has 3 N–H and O–H groups in total. The molecule has 3 rings (SSSR count). The van der Waals surface area contributed by atoms with Crippen molar-refractivity contribution in [3.63, 3.8) is 0 Å². The van der Waals surface area contributed by atoms with Crippen LogP contribution in [-0.2, 0) is 11.2 Å². The Balaban J connectivity index is 1.69. The number of fused-ring (bicyclic) bond motifs is 1. The summed E-state index contributed by atoms with van der Waals surface area (Å²) in [5.74, 6) is -0.570. The quantitative estimate of drug-likeness (QED) is 0.873. The molecule has 1 heterocycles. The van der Waals surface area contributed by atoms with E-state index in [0.717, 1.165) is 0 Å². The van der Waals surface area contributed by atoms with E-state index in [0.29, 0.717) is 23.9 Å². The Kier molecular flexibility index (Phi) is 3.11. The van der Waals surface area contributed by atoms with Crippen LogP contribution in [0.5, 0.6) is 0 Å². The molecular weight excluding hydrogens is 275 g/mol. The third-order valence-corrected chi connectivity index (χ3v) is 3.45. The molecule has 0 saturated heterocycles. The molecule has 1 aliphatic rings. The number of nitrogens with one attached hydrogen (secondary N) is 1. The summed E-state index contributed by atoms with van der Waals surface area (Å²) in [5, 5.41) is 11.6. The van der Waals surface area contributed by atoms with Gasteiger partial charge in [0.1, 0.15) is 16.9 Å². The molecule has 1 unspecified atom stereocenters. The first kappa shape index (κ1) is 13.5. The molecule has 1 saturated carbocycles. The van der Waals surface area contributed by atoms with E-state index in [-0.39, 0.29) is 12.3 Å². The Labute approximate surface area is 119 Å². The smallest absolute Gasteiger partial charge is 0.238 e. The molecular formula is C14H13FN4O2. The molecule has 6 nitrogen and oxygen atoms in total. The molecule has 2 aromatic rings. The first-order valence-corrected chi connectivity index (χ1v) is 6.55. The van der Waals surface area contributed by atoms with E-state index in [4.69, 9.17) is 15.4 Å². The Morgan fingerprint density at radius 2 is 2.38 bits per heavy atom. The van der Waals surface area contributed by atoms with Crippen LogP contribution < -0.4 is 11.1 Å². The minimum Gasteiger partial charge on any atom is -0.441 e. The maximum Gasteiger partial charge on any atom is 0.238 e. The summed E-state index contributed by atoms with van der Waals surface area (Å²) in [5.41, 5.74) is 5.87. The molecule has 1 fully saturated rings. The van der Waals surface area contributed by atoms with Gasteiger partial charge in [-0.3, -0.25) is 4.79 Å². The van der Waals surface area contributed by atoms with E-state index in [2.05, 4.69) is 16.4 Å². The van der Waals surface area contributed by atoms with Crippen molar-refractivity contribution in [2.75, 3.05) is 0 Å². The third-order valence-electron chi connectivity index (χ3n) is 3.45. The molecule has 0 bridgehead atoms. The standard InChI is InChI=1S/C14H13FN4O2/c15-8-1-2-10-11(5-8)21-12(18-10)6-9(17)13(20)19-14(7-16)3-4-14/h1-2,5,9H,3-4,6,17H2,(H,19,20). The van der Waals surface area contributed by atoms with Crippen LogP contribution in [0, 0.1) is 17.1 Å². The summed E-state index contributed by atoms with van der Waals surface area (Å²) in [7, 11) is 0. The van der Waals surface area contributed by atoms with Gasteiger partial charge in [-0.25, -0.2) is 9.37 Å². The Morgan fingerprint density at radius 3 is 3.05 bits per heavy atom. The highest BCUT2D eigenvalue weighted by atomic mass is 19.1. The Bertz CT molecular complexity index is 745. The minimum absolute atomic E-state index is 0.0869. The highest BCUT2D eigenvalue weighted by molar-refractivity contribution is 5.83. The predicted octanol–water partition coefficient (Wildman–Crippen LogP) is 1.01. The molecule has 1 aliphatic carbocycles. The number of carbonyl (C=O) groups is 1. The van der Waals surface area contributed by atoms with E-state index in [9.17, 15) is 9.18 Å². The van der Waals surface area contributed by atoms with Crippen molar-refractivity contribution >= 4 is 17.0 Å². The number of benzene rings is 1. The fourth-order valence-electron chi connectivity index (χ4n) is 2.03. The van der Waals surface area contributed by atoms with E-state index in [1.807, 2.05) is 0 Å². The summed E-state index contributed by atoms with van der Waals surface area (Å²) in [6.07, 6.45) is 1.37. The number of nitrogens with two attached hydrogens (primary N) is 1. The Hall–Kier alpha value is -2.46. The van der Waals surface area contributed by atoms with Crippen molar-refractivity contribution in [1.29, 1.82) is 5.26 Å². The van der Waals surface area contributed by atoms with E-state index in [1.54, 1.807) is 0 Å². The molecule has 1 aromatic carbocycles. The number of oxazole rings is 1. The van der Waals surface area contributed by atoms with Crippen LogP contribution in [-0.4, -0.2) is 22.5 Å². The highest BCUT2D eigenvalue weighted by Gasteiger charge is 2.45. The van der Waals surface area contributed by atoms with Crippen molar-refractivity contribution in [2.24, 2.45) is 5.73 Å². The van der Waals surface area contributed by atoms with Gasteiger partial charge in [-0.05, 0) is 25.0 Å². The maximum atomic E-state index is 13.1. The normalized spacial score (nSPS) is 17.2. The minimum atomic E-state index is -0.867. The number of hydrogen-bond acceptors (Lipinski definition) is 5. The molecule has 108 valence electrons. The van der Waals surface area contributed by atoms with Gasteiger partial charge >= 0.3 is 0 Å². The van der Waals surface area contributed by atoms with Crippen LogP contribution in [0.4, 0.5) is 4.39 Å². The Morgan fingerprint density at radius 1 is 1.62 bits per heavy atom. The summed E-state index contributed by atoms with van der Waals surface area (Å²) in [6, 6.07) is 5.20. The second kappa shape index (κ2) is 4.82. The lowest BCUT2D eigenvalue weighted by molar-refractivity contribution is -0.123. The average Bonchev–Trinajstić information content (AvgIpc) is 3.11. The SMILES string of the molecule is N#CC1(NC(=O)C(N)Cc2nc3ccc(F)cc3o2)CC1. The van der Waals surface area contributed by atoms with Gasteiger partial charge in [-0.1, -0.05) is 0 Å². The fraction of sp³-hybridized carbons (Fsp3) is 0.357. The van der Waals surface area contributed by atoms with Gasteiger partial charge in [0.15, 0.2) is 11.5 Å². The van der Waals surface area contributed by atoms with Crippen LogP contribution >= 0.6 is 0 Å². The second-order valence-corrected chi connectivity index (χ2v) is 5.21. The molecule has 21 heavy (non-hydrogen) atoms. The van der Waals surface area contributed by atoms with Gasteiger partial charge in [-0.15, -0.1) is 0 Å². The zero-order valence-electron chi connectivity index (χ0n) is 11.1. The number of amides is 1. The van der Waals surface area contributed by atoms with Gasteiger partial charge in [0.05, 0.1) is 12.1 Å². The number of aromatic nitrogens is 1. The molecule has 0 aliphatic heterocycles. The van der Waals surface area contributed by atoms with Gasteiger partial charge < -0.3 is 15.5 Å². The highest BCUT2D eigenvalue weighted by Crippen LogP contribution is 2.34. The van der Waals surface area contributed by atoms with Crippen LogP contribution in [0.3, 0.4) is 0 Å². The molecule has 0 spiro atoms. The number of rotatable bonds is 4. The fourth-order valence-corrected chi connectivity index (χ4v) is 2.03. The van der Waals surface area contributed by atoms with Crippen LogP contribution in [0.25, 0.3) is 11.1 Å². The molecule has 1 aromatic heterocycles. The van der Waals surface area contributed by atoms with E-state index in [1.165, 1.54) is 18.2 Å². The van der Waals surface area contributed by atoms with Crippen molar-refractivity contribution < 1.29 is 13.6 Å². The van der Waals surface area contributed by atoms with Gasteiger partial charge in [0.2, 0.25) is 5.91 Å². The lowest BCUT2D eigenvalue weighted by Gasteiger charge is -2.13. The van der Waals surface area contributed by atoms with Crippen LogP contribution in [0.15, 0.2) is 22.6 Å². The lowest BCUT2D eigenvalue weighted by atomic mass is 10.2. The maximum absolute atomic E-state index is 13.1. The number of nitriles is 1. The lowest BCUT2D eigenvalue weighted by Crippen LogP contribution is -2.47. The van der Waals surface area contributed by atoms with E-state index < -0.39 is 23.3 Å². The number of nitrogens with zero attached hydrogens (tertiary/aromatic N) is 2. The van der Waals surface area contributed by atoms with Gasteiger partial charge in [0, 0.05) is 12.5 Å². The van der Waals surface area contributed by atoms with Crippen LogP contribution in [0.1, 0.15) is 18.7 Å². The number of halogens is 1. The first-order valence-electron chi connectivity index (χ1n) is 6.55. The topological polar surface area (TPSA) is 105 Å². The van der Waals surface area contributed by atoms with Gasteiger partial charge in [0.25, 0.3) is 0 Å². The van der Waals surface area contributed by atoms with Gasteiger partial charge in [-0.2, -0.15) is 5.26 Å². The number of hydrogen-bond donors (Lipinski definition) is 2. The number of carbonyl (C=O) groups excluding carboxylic acids is 1. The molecule has 7 heteroatoms. The zero-order valence-corrected chi connectivity index (χ0v) is 11.1.